The third-order valence-corrected chi connectivity index (χ3v) is 2.97. The van der Waals surface area contributed by atoms with Gasteiger partial charge in [0.2, 0.25) is 0 Å². The average Bonchev–Trinajstić information content (AvgIpc) is 2.27. The summed E-state index contributed by atoms with van der Waals surface area (Å²) in [5.41, 5.74) is 0. The van der Waals surface area contributed by atoms with Gasteiger partial charge >= 0.3 is 5.97 Å². The lowest BCUT2D eigenvalue weighted by Crippen LogP contribution is -2.47. The van der Waals surface area contributed by atoms with E-state index in [9.17, 15) is 4.79 Å². The van der Waals surface area contributed by atoms with Crippen LogP contribution in [0.2, 0.25) is 0 Å². The van der Waals surface area contributed by atoms with Gasteiger partial charge in [0.25, 0.3) is 0 Å². The van der Waals surface area contributed by atoms with Crippen LogP contribution in [0.4, 0.5) is 0 Å². The molecule has 17 heavy (non-hydrogen) atoms. The molecule has 1 aliphatic rings. The summed E-state index contributed by atoms with van der Waals surface area (Å²) in [7, 11) is 0. The Balaban J connectivity index is 2.07. The molecular formula is C12H24N2O3. The molecule has 0 radical (unpaired) electrons. The number of carboxylic acids is 1. The number of nitrogens with zero attached hydrogens (tertiary/aromatic N) is 2. The molecule has 0 aromatic rings. The van der Waals surface area contributed by atoms with Gasteiger partial charge in [-0.05, 0) is 13.8 Å². The average molecular weight is 244 g/mol. The van der Waals surface area contributed by atoms with Crippen LogP contribution in [0.25, 0.3) is 0 Å². The molecule has 0 aromatic heterocycles. The molecule has 0 bridgehead atoms. The molecule has 0 aromatic carbocycles. The fraction of sp³-hybridized carbons (Fsp3) is 0.917. The maximum Gasteiger partial charge on any atom is 0.304 e. The van der Waals surface area contributed by atoms with Crippen LogP contribution < -0.4 is 0 Å². The molecule has 1 saturated heterocycles. The maximum absolute atomic E-state index is 10.5. The first kappa shape index (κ1) is 14.4. The van der Waals surface area contributed by atoms with Crippen molar-refractivity contribution in [2.75, 3.05) is 45.9 Å². The molecule has 0 unspecified atom stereocenters. The van der Waals surface area contributed by atoms with Crippen LogP contribution in [0.3, 0.4) is 0 Å². The molecule has 0 amide bonds. The molecule has 0 spiro atoms. The Morgan fingerprint density at radius 1 is 1.18 bits per heavy atom. The number of aliphatic carboxylic acids is 1. The van der Waals surface area contributed by atoms with E-state index < -0.39 is 5.97 Å². The third-order valence-electron chi connectivity index (χ3n) is 2.97. The lowest BCUT2D eigenvalue weighted by molar-refractivity contribution is -0.137. The van der Waals surface area contributed by atoms with Crippen molar-refractivity contribution in [2.45, 2.75) is 26.4 Å². The van der Waals surface area contributed by atoms with Gasteiger partial charge in [0.15, 0.2) is 0 Å². The molecule has 1 rings (SSSR count). The molecule has 100 valence electrons. The Bertz CT molecular complexity index is 226. The zero-order valence-electron chi connectivity index (χ0n) is 10.9. The van der Waals surface area contributed by atoms with Crippen LogP contribution in [0.1, 0.15) is 20.3 Å². The van der Waals surface area contributed by atoms with Crippen molar-refractivity contribution in [1.29, 1.82) is 0 Å². The number of hydrogen-bond donors (Lipinski definition) is 1. The van der Waals surface area contributed by atoms with E-state index in [1.165, 1.54) is 0 Å². The van der Waals surface area contributed by atoms with Crippen molar-refractivity contribution in [3.63, 3.8) is 0 Å². The van der Waals surface area contributed by atoms with E-state index in [0.29, 0.717) is 12.6 Å². The molecule has 0 atom stereocenters. The summed E-state index contributed by atoms with van der Waals surface area (Å²) >= 11 is 0. The number of piperazine rings is 1. The van der Waals surface area contributed by atoms with E-state index >= 15 is 0 Å². The minimum absolute atomic E-state index is 0.246. The molecule has 1 heterocycles. The second kappa shape index (κ2) is 7.63. The van der Waals surface area contributed by atoms with Gasteiger partial charge in [-0.3, -0.25) is 9.69 Å². The highest BCUT2D eigenvalue weighted by Gasteiger charge is 2.16. The molecule has 5 nitrogen and oxygen atoms in total. The Hall–Kier alpha value is -0.650. The van der Waals surface area contributed by atoms with E-state index in [-0.39, 0.29) is 6.42 Å². The first-order valence-corrected chi connectivity index (χ1v) is 6.36. The molecular weight excluding hydrogens is 220 g/mol. The predicted octanol–water partition coefficient (Wildman–Crippen LogP) is 0.504. The highest BCUT2D eigenvalue weighted by molar-refractivity contribution is 5.66. The van der Waals surface area contributed by atoms with E-state index in [0.717, 1.165) is 39.3 Å². The highest BCUT2D eigenvalue weighted by Crippen LogP contribution is 2.02. The van der Waals surface area contributed by atoms with Crippen molar-refractivity contribution in [3.8, 4) is 0 Å². The van der Waals surface area contributed by atoms with Gasteiger partial charge in [0.05, 0.1) is 19.1 Å². The molecule has 0 aliphatic carbocycles. The Morgan fingerprint density at radius 2 is 1.71 bits per heavy atom. The standard InChI is InChI=1S/C12H24N2O3/c1-11(2)17-10-9-14-7-5-13(6-8-14)4-3-12(15)16/h11H,3-10H2,1-2H3,(H,15,16). The third kappa shape index (κ3) is 6.61. The van der Waals surface area contributed by atoms with Crippen molar-refractivity contribution in [1.82, 2.24) is 9.80 Å². The quantitative estimate of drug-likeness (QED) is 0.707. The summed E-state index contributed by atoms with van der Waals surface area (Å²) in [5, 5.41) is 8.61. The number of carbonyl (C=O) groups is 1. The SMILES string of the molecule is CC(C)OCCN1CCN(CCC(=O)O)CC1. The molecule has 0 saturated carbocycles. The zero-order chi connectivity index (χ0) is 12.7. The van der Waals surface area contributed by atoms with Gasteiger partial charge < -0.3 is 14.7 Å². The summed E-state index contributed by atoms with van der Waals surface area (Å²) in [6.07, 6.45) is 0.545. The van der Waals surface area contributed by atoms with Gasteiger partial charge in [0, 0.05) is 39.3 Å². The lowest BCUT2D eigenvalue weighted by Gasteiger charge is -2.34. The Kier molecular flexibility index (Phi) is 6.47. The van der Waals surface area contributed by atoms with E-state index in [1.54, 1.807) is 0 Å². The fourth-order valence-corrected chi connectivity index (χ4v) is 1.91. The van der Waals surface area contributed by atoms with Crippen LogP contribution in [-0.2, 0) is 9.53 Å². The normalized spacial score (nSPS) is 18.8. The van der Waals surface area contributed by atoms with Crippen molar-refractivity contribution in [3.05, 3.63) is 0 Å². The lowest BCUT2D eigenvalue weighted by atomic mass is 10.3. The van der Waals surface area contributed by atoms with Gasteiger partial charge in [-0.25, -0.2) is 0 Å². The van der Waals surface area contributed by atoms with Crippen LogP contribution in [0.15, 0.2) is 0 Å². The maximum atomic E-state index is 10.5. The second-order valence-electron chi connectivity index (χ2n) is 4.75. The van der Waals surface area contributed by atoms with Crippen LogP contribution >= 0.6 is 0 Å². The number of rotatable bonds is 7. The van der Waals surface area contributed by atoms with Gasteiger partial charge in [-0.15, -0.1) is 0 Å². The first-order valence-electron chi connectivity index (χ1n) is 6.36. The fourth-order valence-electron chi connectivity index (χ4n) is 1.91. The van der Waals surface area contributed by atoms with Gasteiger partial charge in [-0.2, -0.15) is 0 Å². The van der Waals surface area contributed by atoms with Crippen molar-refractivity contribution < 1.29 is 14.6 Å². The first-order chi connectivity index (χ1) is 8.08. The van der Waals surface area contributed by atoms with Crippen LogP contribution in [0.5, 0.6) is 0 Å². The van der Waals surface area contributed by atoms with E-state index in [1.807, 2.05) is 13.8 Å². The molecule has 1 aliphatic heterocycles. The molecule has 1 N–H and O–H groups in total. The van der Waals surface area contributed by atoms with Gasteiger partial charge in [0.1, 0.15) is 0 Å². The smallest absolute Gasteiger partial charge is 0.304 e. The summed E-state index contributed by atoms with van der Waals surface area (Å²) in [6, 6.07) is 0. The van der Waals surface area contributed by atoms with Crippen LogP contribution in [-0.4, -0.2) is 72.9 Å². The predicted molar refractivity (Wildman–Crippen MR) is 66.2 cm³/mol. The monoisotopic (exact) mass is 244 g/mol. The highest BCUT2D eigenvalue weighted by atomic mass is 16.5. The largest absolute Gasteiger partial charge is 0.481 e. The van der Waals surface area contributed by atoms with E-state index in [4.69, 9.17) is 9.84 Å². The Morgan fingerprint density at radius 3 is 2.18 bits per heavy atom. The molecule has 1 fully saturated rings. The summed E-state index contributed by atoms with van der Waals surface area (Å²) < 4.78 is 5.52. The minimum atomic E-state index is -0.710. The topological polar surface area (TPSA) is 53.0 Å². The van der Waals surface area contributed by atoms with Crippen LogP contribution in [0, 0.1) is 0 Å². The minimum Gasteiger partial charge on any atom is -0.481 e. The zero-order valence-corrected chi connectivity index (χ0v) is 10.9. The number of ether oxygens (including phenoxy) is 1. The van der Waals surface area contributed by atoms with Gasteiger partial charge in [-0.1, -0.05) is 0 Å². The summed E-state index contributed by atoms with van der Waals surface area (Å²) in [5.74, 6) is -0.710. The van der Waals surface area contributed by atoms with Crippen molar-refractivity contribution >= 4 is 5.97 Å². The van der Waals surface area contributed by atoms with E-state index in [2.05, 4.69) is 9.80 Å². The Labute approximate surface area is 103 Å². The summed E-state index contributed by atoms with van der Waals surface area (Å²) in [4.78, 5) is 15.0. The number of hydrogen-bond acceptors (Lipinski definition) is 4. The summed E-state index contributed by atoms with van der Waals surface area (Å²) in [6.45, 7) is 10.5. The number of carboxylic acid groups (broad SMARTS) is 1. The van der Waals surface area contributed by atoms with Crippen molar-refractivity contribution in [2.24, 2.45) is 0 Å². The molecule has 5 heteroatoms. The second-order valence-corrected chi connectivity index (χ2v) is 4.75.